The number of hydrogen-bond donors (Lipinski definition) is 3. The number of ether oxygens (including phenoxy) is 1. The first-order chi connectivity index (χ1) is 12.8. The molecule has 7 heteroatoms. The molecule has 3 rings (SSSR count). The fraction of sp³-hybridized carbons (Fsp3) is 0.550. The van der Waals surface area contributed by atoms with Crippen LogP contribution in [0.3, 0.4) is 0 Å². The molecule has 0 aromatic heterocycles. The van der Waals surface area contributed by atoms with Gasteiger partial charge in [-0.2, -0.15) is 0 Å². The van der Waals surface area contributed by atoms with E-state index in [1.54, 1.807) is 25.1 Å². The van der Waals surface area contributed by atoms with Gasteiger partial charge in [-0.25, -0.2) is 9.59 Å². The summed E-state index contributed by atoms with van der Waals surface area (Å²) in [5, 5.41) is 5.41. The molecule has 1 aromatic rings. The average molecular weight is 373 g/mol. The lowest BCUT2D eigenvalue weighted by Crippen LogP contribution is -2.45. The summed E-state index contributed by atoms with van der Waals surface area (Å²) in [5.74, 6) is 1.13. The summed E-state index contributed by atoms with van der Waals surface area (Å²) in [6, 6.07) is 5.57. The zero-order valence-corrected chi connectivity index (χ0v) is 15.7. The van der Waals surface area contributed by atoms with Crippen LogP contribution in [0.25, 0.3) is 0 Å². The van der Waals surface area contributed by atoms with Gasteiger partial charge in [-0.15, -0.1) is 0 Å². The van der Waals surface area contributed by atoms with Gasteiger partial charge in [-0.1, -0.05) is 12.5 Å². The molecule has 4 N–H and O–H groups in total. The normalized spacial score (nSPS) is 25.5. The maximum atomic E-state index is 12.4. The van der Waals surface area contributed by atoms with E-state index in [0.29, 0.717) is 17.5 Å². The molecule has 2 bridgehead atoms. The van der Waals surface area contributed by atoms with Crippen LogP contribution in [0.5, 0.6) is 0 Å². The van der Waals surface area contributed by atoms with Gasteiger partial charge in [0.1, 0.15) is 0 Å². The molecule has 5 atom stereocenters. The highest BCUT2D eigenvalue weighted by molar-refractivity contribution is 5.95. The van der Waals surface area contributed by atoms with Crippen molar-refractivity contribution in [3.63, 3.8) is 0 Å². The van der Waals surface area contributed by atoms with E-state index in [1.807, 2.05) is 6.92 Å². The molecule has 5 unspecified atom stereocenters. The third-order valence-corrected chi connectivity index (χ3v) is 5.82. The average Bonchev–Trinajstić information content (AvgIpc) is 3.24. The van der Waals surface area contributed by atoms with E-state index in [4.69, 9.17) is 10.5 Å². The van der Waals surface area contributed by atoms with Crippen LogP contribution in [0.15, 0.2) is 24.3 Å². The van der Waals surface area contributed by atoms with E-state index in [9.17, 15) is 14.4 Å². The molecular weight excluding hydrogens is 346 g/mol. The molecule has 0 heterocycles. The van der Waals surface area contributed by atoms with Crippen molar-refractivity contribution in [1.82, 2.24) is 5.32 Å². The predicted molar refractivity (Wildman–Crippen MR) is 101 cm³/mol. The van der Waals surface area contributed by atoms with Crippen LogP contribution in [-0.2, 0) is 9.53 Å². The predicted octanol–water partition coefficient (Wildman–Crippen LogP) is 2.66. The number of hydrogen-bond acceptors (Lipinski definition) is 4. The number of primary amides is 1. The van der Waals surface area contributed by atoms with Crippen molar-refractivity contribution in [2.24, 2.45) is 23.5 Å². The highest BCUT2D eigenvalue weighted by Crippen LogP contribution is 2.49. The molecular formula is C20H27N3O4. The first kappa shape index (κ1) is 19.2. The molecule has 2 saturated carbocycles. The molecule has 0 saturated heterocycles. The highest BCUT2D eigenvalue weighted by atomic mass is 16.5. The largest absolute Gasteiger partial charge is 0.449 e. The van der Waals surface area contributed by atoms with Crippen LogP contribution in [0.4, 0.5) is 10.5 Å². The van der Waals surface area contributed by atoms with E-state index >= 15 is 0 Å². The lowest BCUT2D eigenvalue weighted by Gasteiger charge is -2.29. The van der Waals surface area contributed by atoms with Gasteiger partial charge in [0.15, 0.2) is 6.10 Å². The number of esters is 1. The first-order valence-electron chi connectivity index (χ1n) is 9.51. The van der Waals surface area contributed by atoms with Gasteiger partial charge in [-0.3, -0.25) is 4.79 Å². The number of fused-ring (bicyclic) bond motifs is 2. The molecule has 27 heavy (non-hydrogen) atoms. The Balaban J connectivity index is 1.53. The summed E-state index contributed by atoms with van der Waals surface area (Å²) in [7, 11) is 0. The minimum Gasteiger partial charge on any atom is -0.449 e. The van der Waals surface area contributed by atoms with Crippen molar-refractivity contribution in [1.29, 1.82) is 0 Å². The molecule has 7 nitrogen and oxygen atoms in total. The summed E-state index contributed by atoms with van der Waals surface area (Å²) >= 11 is 0. The second-order valence-corrected chi connectivity index (χ2v) is 7.75. The van der Waals surface area contributed by atoms with Gasteiger partial charge in [0.2, 0.25) is 0 Å². The molecule has 2 aliphatic rings. The lowest BCUT2D eigenvalue weighted by molar-refractivity contribution is -0.130. The van der Waals surface area contributed by atoms with Crippen LogP contribution in [-0.4, -0.2) is 30.1 Å². The Morgan fingerprint density at radius 2 is 1.96 bits per heavy atom. The zero-order chi connectivity index (χ0) is 19.6. The van der Waals surface area contributed by atoms with Crippen molar-refractivity contribution in [2.75, 3.05) is 5.32 Å². The summed E-state index contributed by atoms with van der Waals surface area (Å²) in [6.45, 7) is 3.60. The van der Waals surface area contributed by atoms with E-state index in [2.05, 4.69) is 10.6 Å². The SMILES string of the molecule is CC(OC(=O)c1cccc(NC(N)=O)c1)C(=O)NC(C)C1CC2CCC1C2. The van der Waals surface area contributed by atoms with Crippen molar-refractivity contribution in [2.45, 2.75) is 51.7 Å². The fourth-order valence-electron chi connectivity index (χ4n) is 4.50. The summed E-state index contributed by atoms with van der Waals surface area (Å²) < 4.78 is 5.29. The Kier molecular flexibility index (Phi) is 5.68. The summed E-state index contributed by atoms with van der Waals surface area (Å²) in [5.41, 5.74) is 5.70. The van der Waals surface area contributed by atoms with Crippen molar-refractivity contribution < 1.29 is 19.1 Å². The van der Waals surface area contributed by atoms with Crippen molar-refractivity contribution >= 4 is 23.6 Å². The number of rotatable bonds is 6. The third kappa shape index (κ3) is 4.59. The second-order valence-electron chi connectivity index (χ2n) is 7.75. The monoisotopic (exact) mass is 373 g/mol. The molecule has 146 valence electrons. The van der Waals surface area contributed by atoms with Gasteiger partial charge in [0, 0.05) is 11.7 Å². The first-order valence-corrected chi connectivity index (χ1v) is 9.51. The zero-order valence-electron chi connectivity index (χ0n) is 15.7. The highest BCUT2D eigenvalue weighted by Gasteiger charge is 2.42. The van der Waals surface area contributed by atoms with E-state index in [-0.39, 0.29) is 17.5 Å². The number of carbonyl (C=O) groups is 3. The van der Waals surface area contributed by atoms with Crippen molar-refractivity contribution in [3.8, 4) is 0 Å². The van der Waals surface area contributed by atoms with E-state index < -0.39 is 18.1 Å². The summed E-state index contributed by atoms with van der Waals surface area (Å²) in [6.07, 6.45) is 4.15. The Labute approximate surface area is 159 Å². The molecule has 2 aliphatic carbocycles. The van der Waals surface area contributed by atoms with Crippen LogP contribution >= 0.6 is 0 Å². The molecule has 0 spiro atoms. The Hall–Kier alpha value is -2.57. The minimum absolute atomic E-state index is 0.0806. The van der Waals surface area contributed by atoms with E-state index in [1.165, 1.54) is 31.7 Å². The minimum atomic E-state index is -0.897. The molecule has 2 fully saturated rings. The Bertz CT molecular complexity index is 736. The quantitative estimate of drug-likeness (QED) is 0.666. The van der Waals surface area contributed by atoms with Crippen LogP contribution in [0.2, 0.25) is 0 Å². The number of nitrogens with one attached hydrogen (secondary N) is 2. The maximum Gasteiger partial charge on any atom is 0.338 e. The lowest BCUT2D eigenvalue weighted by atomic mass is 9.84. The van der Waals surface area contributed by atoms with Crippen LogP contribution in [0.1, 0.15) is 49.9 Å². The Morgan fingerprint density at radius 1 is 1.19 bits per heavy atom. The molecule has 0 aliphatic heterocycles. The smallest absolute Gasteiger partial charge is 0.338 e. The van der Waals surface area contributed by atoms with Crippen LogP contribution in [0, 0.1) is 17.8 Å². The number of benzene rings is 1. The van der Waals surface area contributed by atoms with Crippen molar-refractivity contribution in [3.05, 3.63) is 29.8 Å². The number of carbonyl (C=O) groups excluding carboxylic acids is 3. The number of amides is 3. The maximum absolute atomic E-state index is 12.4. The number of anilines is 1. The summed E-state index contributed by atoms with van der Waals surface area (Å²) in [4.78, 5) is 35.6. The molecule has 3 amide bonds. The number of urea groups is 1. The third-order valence-electron chi connectivity index (χ3n) is 5.82. The fourth-order valence-corrected chi connectivity index (χ4v) is 4.50. The van der Waals surface area contributed by atoms with Gasteiger partial charge in [-0.05, 0) is 69.1 Å². The van der Waals surface area contributed by atoms with Gasteiger partial charge >= 0.3 is 12.0 Å². The van der Waals surface area contributed by atoms with E-state index in [0.717, 1.165) is 5.92 Å². The molecule has 0 radical (unpaired) electrons. The number of nitrogens with two attached hydrogens (primary N) is 1. The van der Waals surface area contributed by atoms with Gasteiger partial charge in [0.25, 0.3) is 5.91 Å². The van der Waals surface area contributed by atoms with Gasteiger partial charge < -0.3 is 21.1 Å². The second kappa shape index (κ2) is 7.98. The van der Waals surface area contributed by atoms with Crippen LogP contribution < -0.4 is 16.4 Å². The standard InChI is InChI=1S/C20H27N3O4/c1-11(17-9-13-6-7-14(17)8-13)22-18(24)12(2)27-19(25)15-4-3-5-16(10-15)23-20(21)26/h3-5,10-14,17H,6-9H2,1-2H3,(H,22,24)(H3,21,23,26). The Morgan fingerprint density at radius 3 is 2.59 bits per heavy atom. The molecule has 1 aromatic carbocycles. The topological polar surface area (TPSA) is 111 Å². The van der Waals surface area contributed by atoms with Gasteiger partial charge in [0.05, 0.1) is 5.56 Å².